The van der Waals surface area contributed by atoms with Gasteiger partial charge in [0.2, 0.25) is 0 Å². The van der Waals surface area contributed by atoms with Gasteiger partial charge in [0.15, 0.2) is 0 Å². The van der Waals surface area contributed by atoms with Crippen molar-refractivity contribution in [2.24, 2.45) is 10.9 Å². The number of nitrogens with two attached hydrogens (primary N) is 1. The van der Waals surface area contributed by atoms with Crippen molar-refractivity contribution in [3.63, 3.8) is 0 Å². The molecule has 4 N–H and O–H groups in total. The van der Waals surface area contributed by atoms with Gasteiger partial charge in [0.05, 0.1) is 0 Å². The van der Waals surface area contributed by atoms with E-state index in [9.17, 15) is 0 Å². The number of hydrogen-bond donors (Lipinski definition) is 3. The number of terminal acetylenes is 1. The molecule has 13 heavy (non-hydrogen) atoms. The lowest BCUT2D eigenvalue weighted by Gasteiger charge is -2.02. The van der Waals surface area contributed by atoms with Crippen molar-refractivity contribution in [3.8, 4) is 12.3 Å². The van der Waals surface area contributed by atoms with Crippen molar-refractivity contribution >= 4 is 5.84 Å². The summed E-state index contributed by atoms with van der Waals surface area (Å²) in [5.74, 6) is 2.85. The Labute approximate surface area is 79.2 Å². The van der Waals surface area contributed by atoms with E-state index >= 15 is 0 Å². The first-order valence-corrected chi connectivity index (χ1v) is 4.42. The third kappa shape index (κ3) is 8.70. The van der Waals surface area contributed by atoms with Crippen LogP contribution < -0.4 is 11.1 Å². The van der Waals surface area contributed by atoms with Crippen LogP contribution in [0.25, 0.3) is 0 Å². The molecule has 0 saturated carbocycles. The van der Waals surface area contributed by atoms with E-state index < -0.39 is 0 Å². The SMILES string of the molecule is C#CCCCCNCCC(N)=NO. The van der Waals surface area contributed by atoms with Gasteiger partial charge in [-0.1, -0.05) is 5.16 Å². The van der Waals surface area contributed by atoms with Crippen LogP contribution in [0.5, 0.6) is 0 Å². The highest BCUT2D eigenvalue weighted by Gasteiger charge is 1.92. The maximum Gasteiger partial charge on any atom is 0.140 e. The summed E-state index contributed by atoms with van der Waals surface area (Å²) in [6.45, 7) is 1.67. The first-order chi connectivity index (χ1) is 6.31. The molecule has 74 valence electrons. The van der Waals surface area contributed by atoms with E-state index in [2.05, 4.69) is 16.4 Å². The maximum absolute atomic E-state index is 8.22. The van der Waals surface area contributed by atoms with E-state index in [0.29, 0.717) is 6.42 Å². The molecular formula is C9H17N3O. The molecule has 0 aliphatic heterocycles. The summed E-state index contributed by atoms with van der Waals surface area (Å²) in [5, 5.41) is 14.3. The van der Waals surface area contributed by atoms with E-state index in [4.69, 9.17) is 17.4 Å². The Kier molecular flexibility index (Phi) is 8.06. The molecular weight excluding hydrogens is 166 g/mol. The van der Waals surface area contributed by atoms with Crippen LogP contribution in [0.3, 0.4) is 0 Å². The molecule has 0 aliphatic rings. The Morgan fingerprint density at radius 3 is 2.85 bits per heavy atom. The highest BCUT2D eigenvalue weighted by atomic mass is 16.4. The van der Waals surface area contributed by atoms with Gasteiger partial charge in [-0.25, -0.2) is 0 Å². The number of amidine groups is 1. The van der Waals surface area contributed by atoms with Crippen molar-refractivity contribution in [2.45, 2.75) is 25.7 Å². The molecule has 0 radical (unpaired) electrons. The molecule has 0 rings (SSSR count). The molecule has 0 heterocycles. The monoisotopic (exact) mass is 183 g/mol. The lowest BCUT2D eigenvalue weighted by molar-refractivity contribution is 0.316. The fourth-order valence-corrected chi connectivity index (χ4v) is 0.869. The van der Waals surface area contributed by atoms with Crippen LogP contribution in [0, 0.1) is 12.3 Å². The van der Waals surface area contributed by atoms with Crippen LogP contribution in [0.15, 0.2) is 5.16 Å². The van der Waals surface area contributed by atoms with E-state index in [1.54, 1.807) is 0 Å². The molecule has 4 nitrogen and oxygen atoms in total. The minimum atomic E-state index is 0.260. The van der Waals surface area contributed by atoms with Crippen molar-refractivity contribution in [3.05, 3.63) is 0 Å². The zero-order chi connectivity index (χ0) is 9.94. The molecule has 0 saturated heterocycles. The molecule has 0 spiro atoms. The Morgan fingerprint density at radius 1 is 1.46 bits per heavy atom. The third-order valence-electron chi connectivity index (χ3n) is 1.61. The van der Waals surface area contributed by atoms with E-state index in [1.165, 1.54) is 0 Å². The van der Waals surface area contributed by atoms with Crippen LogP contribution in [0.2, 0.25) is 0 Å². The Morgan fingerprint density at radius 2 is 2.23 bits per heavy atom. The topological polar surface area (TPSA) is 70.6 Å². The molecule has 0 unspecified atom stereocenters. The number of unbranched alkanes of at least 4 members (excludes halogenated alkanes) is 2. The standard InChI is InChI=1S/C9H17N3O/c1-2-3-4-5-7-11-8-6-9(10)12-13/h1,11,13H,3-8H2,(H2,10,12). The van der Waals surface area contributed by atoms with Crippen molar-refractivity contribution in [1.82, 2.24) is 5.32 Å². The van der Waals surface area contributed by atoms with Crippen LogP contribution in [0.4, 0.5) is 0 Å². The quantitative estimate of drug-likeness (QED) is 0.134. The Bertz CT molecular complexity index is 184. The predicted molar refractivity (Wildman–Crippen MR) is 53.6 cm³/mol. The number of rotatable bonds is 7. The molecule has 0 amide bonds. The van der Waals surface area contributed by atoms with E-state index in [-0.39, 0.29) is 5.84 Å². The largest absolute Gasteiger partial charge is 0.409 e. The molecule has 0 fully saturated rings. The van der Waals surface area contributed by atoms with Gasteiger partial charge >= 0.3 is 0 Å². The van der Waals surface area contributed by atoms with Crippen LogP contribution in [-0.4, -0.2) is 24.1 Å². The van der Waals surface area contributed by atoms with Crippen LogP contribution in [-0.2, 0) is 0 Å². The van der Waals surface area contributed by atoms with Gasteiger partial charge in [0.1, 0.15) is 5.84 Å². The van der Waals surface area contributed by atoms with Crippen LogP contribution >= 0.6 is 0 Å². The van der Waals surface area contributed by atoms with Gasteiger partial charge in [-0.05, 0) is 19.4 Å². The molecule has 0 aliphatic carbocycles. The van der Waals surface area contributed by atoms with Gasteiger partial charge in [0.25, 0.3) is 0 Å². The van der Waals surface area contributed by atoms with Crippen molar-refractivity contribution < 1.29 is 5.21 Å². The van der Waals surface area contributed by atoms with Crippen molar-refractivity contribution in [1.29, 1.82) is 0 Å². The summed E-state index contributed by atoms with van der Waals surface area (Å²) in [4.78, 5) is 0. The molecule has 0 aromatic rings. The van der Waals surface area contributed by atoms with Gasteiger partial charge in [0, 0.05) is 19.4 Å². The summed E-state index contributed by atoms with van der Waals surface area (Å²) in [5.41, 5.74) is 5.27. The van der Waals surface area contributed by atoms with Gasteiger partial charge in [-0.3, -0.25) is 0 Å². The average molecular weight is 183 g/mol. The normalized spacial score (nSPS) is 11.2. The molecule has 0 aromatic heterocycles. The summed E-state index contributed by atoms with van der Waals surface area (Å²) < 4.78 is 0. The second kappa shape index (κ2) is 8.88. The Balaban J connectivity index is 3.05. The average Bonchev–Trinajstić information content (AvgIpc) is 2.16. The van der Waals surface area contributed by atoms with Gasteiger partial charge in [-0.2, -0.15) is 0 Å². The van der Waals surface area contributed by atoms with Crippen LogP contribution in [0.1, 0.15) is 25.7 Å². The summed E-state index contributed by atoms with van der Waals surface area (Å²) in [6, 6.07) is 0. The second-order valence-electron chi connectivity index (χ2n) is 2.75. The smallest absolute Gasteiger partial charge is 0.140 e. The summed E-state index contributed by atoms with van der Waals surface area (Å²) in [7, 11) is 0. The Hall–Kier alpha value is -1.21. The first-order valence-electron chi connectivity index (χ1n) is 4.42. The van der Waals surface area contributed by atoms with Gasteiger partial charge < -0.3 is 16.3 Å². The number of oxime groups is 1. The summed E-state index contributed by atoms with van der Waals surface area (Å²) in [6.07, 6.45) is 8.63. The minimum absolute atomic E-state index is 0.260. The number of hydrogen-bond acceptors (Lipinski definition) is 3. The molecule has 4 heteroatoms. The zero-order valence-corrected chi connectivity index (χ0v) is 7.79. The lowest BCUT2D eigenvalue weighted by Crippen LogP contribution is -2.23. The molecule has 0 aromatic carbocycles. The predicted octanol–water partition coefficient (Wildman–Crippen LogP) is 0.516. The number of nitrogens with one attached hydrogen (secondary N) is 1. The molecule has 0 atom stereocenters. The lowest BCUT2D eigenvalue weighted by atomic mass is 10.2. The van der Waals surface area contributed by atoms with Gasteiger partial charge in [-0.15, -0.1) is 12.3 Å². The second-order valence-corrected chi connectivity index (χ2v) is 2.75. The summed E-state index contributed by atoms with van der Waals surface area (Å²) >= 11 is 0. The highest BCUT2D eigenvalue weighted by molar-refractivity contribution is 5.79. The fraction of sp³-hybridized carbons (Fsp3) is 0.667. The maximum atomic E-state index is 8.22. The number of nitrogens with zero attached hydrogens (tertiary/aromatic N) is 1. The van der Waals surface area contributed by atoms with E-state index in [0.717, 1.165) is 32.4 Å². The third-order valence-corrected chi connectivity index (χ3v) is 1.61. The highest BCUT2D eigenvalue weighted by Crippen LogP contribution is 1.91. The zero-order valence-electron chi connectivity index (χ0n) is 7.79. The van der Waals surface area contributed by atoms with E-state index in [1.807, 2.05) is 0 Å². The van der Waals surface area contributed by atoms with Crippen molar-refractivity contribution in [2.75, 3.05) is 13.1 Å². The first kappa shape index (κ1) is 11.8. The molecule has 0 bridgehead atoms. The minimum Gasteiger partial charge on any atom is -0.409 e. The fourth-order valence-electron chi connectivity index (χ4n) is 0.869.